The summed E-state index contributed by atoms with van der Waals surface area (Å²) in [5.41, 5.74) is 0.365. The van der Waals surface area contributed by atoms with Crippen molar-refractivity contribution >= 4 is 29.1 Å². The first-order valence-electron chi connectivity index (χ1n) is 8.75. The van der Waals surface area contributed by atoms with E-state index >= 15 is 0 Å². The van der Waals surface area contributed by atoms with E-state index in [0.717, 1.165) is 12.8 Å². The molecule has 1 amide bonds. The first-order valence-corrected chi connectivity index (χ1v) is 9.13. The van der Waals surface area contributed by atoms with Gasteiger partial charge in [0.05, 0.1) is 17.9 Å². The second-order valence-electron chi connectivity index (χ2n) is 6.61. The lowest BCUT2D eigenvalue weighted by Gasteiger charge is -2.25. The van der Waals surface area contributed by atoms with Crippen molar-refractivity contribution in [1.29, 1.82) is 0 Å². The summed E-state index contributed by atoms with van der Waals surface area (Å²) in [7, 11) is 0. The third kappa shape index (κ3) is 3.26. The summed E-state index contributed by atoms with van der Waals surface area (Å²) in [5.74, 6) is -1.27. The van der Waals surface area contributed by atoms with E-state index in [1.54, 1.807) is 36.4 Å². The van der Waals surface area contributed by atoms with Crippen LogP contribution in [0.15, 0.2) is 52.7 Å². The Bertz CT molecular complexity index is 899. The Kier molecular flexibility index (Phi) is 4.76. The minimum Gasteiger partial charge on any atom is -0.507 e. The van der Waals surface area contributed by atoms with Gasteiger partial charge in [0, 0.05) is 23.7 Å². The fourth-order valence-corrected chi connectivity index (χ4v) is 3.80. The molecule has 27 heavy (non-hydrogen) atoms. The summed E-state index contributed by atoms with van der Waals surface area (Å²) in [6.07, 6.45) is 3.08. The third-order valence-corrected chi connectivity index (χ3v) is 5.11. The number of aliphatic hydroxyl groups is 1. The predicted octanol–water partition coefficient (Wildman–Crippen LogP) is 3.53. The lowest BCUT2D eigenvalue weighted by Crippen LogP contribution is -2.36. The van der Waals surface area contributed by atoms with Crippen LogP contribution in [0.25, 0.3) is 5.76 Å². The second-order valence-corrected chi connectivity index (χ2v) is 7.05. The quantitative estimate of drug-likeness (QED) is 0.493. The standard InChI is InChI=1S/C20H18ClNO5/c21-13-5-1-4-12(10-13)18(23)16-17(15-7-3-9-27-15)22(20(25)19(16)24)11-14-6-2-8-26-14/h1,3-5,7,9-10,14,17,23H,2,6,8,11H2/b18-16-. The zero-order valence-electron chi connectivity index (χ0n) is 14.4. The van der Waals surface area contributed by atoms with Crippen molar-refractivity contribution in [3.63, 3.8) is 0 Å². The van der Waals surface area contributed by atoms with Crippen LogP contribution in [0.5, 0.6) is 0 Å². The number of ketones is 1. The zero-order valence-corrected chi connectivity index (χ0v) is 15.2. The Morgan fingerprint density at radius 1 is 1.26 bits per heavy atom. The number of halogens is 1. The van der Waals surface area contributed by atoms with Crippen molar-refractivity contribution in [2.75, 3.05) is 13.2 Å². The van der Waals surface area contributed by atoms with Crippen LogP contribution in [0.1, 0.15) is 30.2 Å². The van der Waals surface area contributed by atoms with Gasteiger partial charge in [0.25, 0.3) is 11.7 Å². The number of ether oxygens (including phenoxy) is 1. The maximum atomic E-state index is 12.8. The third-order valence-electron chi connectivity index (χ3n) is 4.88. The molecule has 0 radical (unpaired) electrons. The van der Waals surface area contributed by atoms with Gasteiger partial charge in [-0.05, 0) is 37.1 Å². The molecular weight excluding hydrogens is 370 g/mol. The molecule has 0 saturated carbocycles. The van der Waals surface area contributed by atoms with E-state index in [-0.39, 0.29) is 24.0 Å². The molecule has 2 fully saturated rings. The SMILES string of the molecule is O=C1C(=O)N(CC2CCCO2)C(c2ccco2)/C1=C(/O)c1cccc(Cl)c1. The number of nitrogens with zero attached hydrogens (tertiary/aromatic N) is 1. The average molecular weight is 388 g/mol. The molecule has 0 aliphatic carbocycles. The molecule has 4 rings (SSSR count). The van der Waals surface area contributed by atoms with Crippen molar-refractivity contribution in [3.05, 3.63) is 64.6 Å². The molecule has 7 heteroatoms. The number of furan rings is 1. The Morgan fingerprint density at radius 3 is 2.78 bits per heavy atom. The van der Waals surface area contributed by atoms with Crippen LogP contribution in [-0.4, -0.2) is 41.0 Å². The number of hydrogen-bond donors (Lipinski definition) is 1. The number of rotatable bonds is 4. The van der Waals surface area contributed by atoms with Crippen LogP contribution in [0.2, 0.25) is 5.02 Å². The number of aliphatic hydroxyl groups excluding tert-OH is 1. The highest BCUT2D eigenvalue weighted by Crippen LogP contribution is 2.40. The first kappa shape index (κ1) is 17.8. The lowest BCUT2D eigenvalue weighted by atomic mass is 9.99. The van der Waals surface area contributed by atoms with Crippen LogP contribution in [0, 0.1) is 0 Å². The van der Waals surface area contributed by atoms with Gasteiger partial charge in [0.2, 0.25) is 0 Å². The Hall–Kier alpha value is -2.57. The Labute approximate surface area is 161 Å². The molecule has 6 nitrogen and oxygen atoms in total. The van der Waals surface area contributed by atoms with Gasteiger partial charge in [0.15, 0.2) is 0 Å². The van der Waals surface area contributed by atoms with Gasteiger partial charge < -0.3 is 19.2 Å². The van der Waals surface area contributed by atoms with E-state index in [2.05, 4.69) is 0 Å². The topological polar surface area (TPSA) is 80.0 Å². The van der Waals surface area contributed by atoms with Gasteiger partial charge in [0.1, 0.15) is 17.6 Å². The first-order chi connectivity index (χ1) is 13.1. The molecule has 0 spiro atoms. The average Bonchev–Trinajstić information content (AvgIpc) is 3.40. The number of benzene rings is 1. The van der Waals surface area contributed by atoms with Crippen LogP contribution in [0.4, 0.5) is 0 Å². The monoisotopic (exact) mass is 387 g/mol. The van der Waals surface area contributed by atoms with E-state index in [9.17, 15) is 14.7 Å². The van der Waals surface area contributed by atoms with Crippen LogP contribution in [0.3, 0.4) is 0 Å². The molecule has 2 saturated heterocycles. The van der Waals surface area contributed by atoms with Crippen molar-refractivity contribution < 1.29 is 23.8 Å². The van der Waals surface area contributed by atoms with Crippen LogP contribution < -0.4 is 0 Å². The molecule has 2 atom stereocenters. The Morgan fingerprint density at radius 2 is 2.11 bits per heavy atom. The molecule has 2 aromatic rings. The molecule has 140 valence electrons. The minimum atomic E-state index is -0.803. The van der Waals surface area contributed by atoms with Gasteiger partial charge in [-0.1, -0.05) is 23.7 Å². The number of Topliss-reactive ketones (excluding diaryl/α,β-unsaturated/α-hetero) is 1. The number of hydrogen-bond acceptors (Lipinski definition) is 5. The molecular formula is C20H18ClNO5. The summed E-state index contributed by atoms with van der Waals surface area (Å²) in [5, 5.41) is 11.2. The summed E-state index contributed by atoms with van der Waals surface area (Å²) < 4.78 is 11.1. The predicted molar refractivity (Wildman–Crippen MR) is 98.1 cm³/mol. The number of carbonyl (C=O) groups is 2. The fourth-order valence-electron chi connectivity index (χ4n) is 3.61. The van der Waals surface area contributed by atoms with E-state index in [0.29, 0.717) is 23.0 Å². The van der Waals surface area contributed by atoms with E-state index in [1.807, 2.05) is 0 Å². The summed E-state index contributed by atoms with van der Waals surface area (Å²) in [6.45, 7) is 0.908. The van der Waals surface area contributed by atoms with Crippen molar-refractivity contribution in [2.45, 2.75) is 25.0 Å². The maximum absolute atomic E-state index is 12.8. The van der Waals surface area contributed by atoms with E-state index in [1.165, 1.54) is 11.2 Å². The number of amides is 1. The van der Waals surface area contributed by atoms with Crippen molar-refractivity contribution in [2.24, 2.45) is 0 Å². The fraction of sp³-hybridized carbons (Fsp3) is 0.300. The molecule has 1 aromatic carbocycles. The summed E-state index contributed by atoms with van der Waals surface area (Å²) in [6, 6.07) is 9.08. The lowest BCUT2D eigenvalue weighted by molar-refractivity contribution is -0.141. The smallest absolute Gasteiger partial charge is 0.295 e. The molecule has 2 unspecified atom stereocenters. The molecule has 3 heterocycles. The molecule has 2 aliphatic heterocycles. The van der Waals surface area contributed by atoms with Crippen LogP contribution >= 0.6 is 11.6 Å². The van der Waals surface area contributed by atoms with Gasteiger partial charge >= 0.3 is 0 Å². The van der Waals surface area contributed by atoms with Gasteiger partial charge in [-0.2, -0.15) is 0 Å². The van der Waals surface area contributed by atoms with Gasteiger partial charge in [-0.3, -0.25) is 9.59 Å². The number of carbonyl (C=O) groups excluding carboxylic acids is 2. The highest BCUT2D eigenvalue weighted by Gasteiger charge is 2.48. The summed E-state index contributed by atoms with van der Waals surface area (Å²) in [4.78, 5) is 26.9. The van der Waals surface area contributed by atoms with Crippen molar-refractivity contribution in [3.8, 4) is 0 Å². The van der Waals surface area contributed by atoms with E-state index < -0.39 is 17.7 Å². The Balaban J connectivity index is 1.80. The maximum Gasteiger partial charge on any atom is 0.295 e. The summed E-state index contributed by atoms with van der Waals surface area (Å²) >= 11 is 6.01. The molecule has 0 bridgehead atoms. The highest BCUT2D eigenvalue weighted by atomic mass is 35.5. The second kappa shape index (κ2) is 7.21. The van der Waals surface area contributed by atoms with Gasteiger partial charge in [-0.25, -0.2) is 0 Å². The highest BCUT2D eigenvalue weighted by molar-refractivity contribution is 6.46. The number of likely N-dealkylation sites (tertiary alicyclic amines) is 1. The zero-order chi connectivity index (χ0) is 19.0. The molecule has 1 N–H and O–H groups in total. The largest absolute Gasteiger partial charge is 0.507 e. The van der Waals surface area contributed by atoms with E-state index in [4.69, 9.17) is 20.8 Å². The minimum absolute atomic E-state index is 0.00443. The van der Waals surface area contributed by atoms with Crippen molar-refractivity contribution in [1.82, 2.24) is 4.90 Å². The normalized spacial score (nSPS) is 24.7. The van der Waals surface area contributed by atoms with Crippen LogP contribution in [-0.2, 0) is 14.3 Å². The van der Waals surface area contributed by atoms with Gasteiger partial charge in [-0.15, -0.1) is 0 Å². The molecule has 1 aromatic heterocycles. The molecule has 2 aliphatic rings.